The molecule has 1 aromatic carbocycles. The second-order valence-corrected chi connectivity index (χ2v) is 3.15. The molecule has 0 unspecified atom stereocenters. The molecule has 5 heteroatoms. The van der Waals surface area contributed by atoms with Crippen molar-refractivity contribution < 1.29 is 14.3 Å². The predicted molar refractivity (Wildman–Crippen MR) is 61.6 cm³/mol. The summed E-state index contributed by atoms with van der Waals surface area (Å²) in [6.45, 7) is 2.39. The monoisotopic (exact) mass is 224 g/mol. The summed E-state index contributed by atoms with van der Waals surface area (Å²) in [4.78, 5) is 11.1. The number of carbonyl (C=O) groups is 1. The van der Waals surface area contributed by atoms with Crippen molar-refractivity contribution in [3.63, 3.8) is 0 Å². The molecule has 1 rings (SSSR count). The maximum atomic E-state index is 11.1. The first kappa shape index (κ1) is 12.2. The van der Waals surface area contributed by atoms with E-state index in [9.17, 15) is 4.79 Å². The number of rotatable bonds is 5. The van der Waals surface area contributed by atoms with Crippen molar-refractivity contribution in [1.29, 1.82) is 0 Å². The lowest BCUT2D eigenvalue weighted by atomic mass is 10.3. The topological polar surface area (TPSA) is 73.6 Å². The zero-order valence-corrected chi connectivity index (χ0v) is 9.45. The highest BCUT2D eigenvalue weighted by Crippen LogP contribution is 2.25. The standard InChI is InChI=1S/C11H16N2O3/c1-3-13-11(14)7-16-10-5-4-8(15-2)6-9(10)12/h4-6H,3,7,12H2,1-2H3,(H,13,14). The molecule has 0 saturated heterocycles. The number of benzene rings is 1. The quantitative estimate of drug-likeness (QED) is 0.725. The van der Waals surface area contributed by atoms with E-state index in [1.54, 1.807) is 25.3 Å². The lowest BCUT2D eigenvalue weighted by Crippen LogP contribution is -2.28. The van der Waals surface area contributed by atoms with Gasteiger partial charge in [-0.1, -0.05) is 0 Å². The van der Waals surface area contributed by atoms with Crippen LogP contribution in [0.25, 0.3) is 0 Å². The molecule has 0 fully saturated rings. The van der Waals surface area contributed by atoms with Gasteiger partial charge in [0.25, 0.3) is 5.91 Å². The molecule has 0 aromatic heterocycles. The van der Waals surface area contributed by atoms with Gasteiger partial charge in [-0.2, -0.15) is 0 Å². The minimum Gasteiger partial charge on any atom is -0.497 e. The molecule has 1 aromatic rings. The molecule has 0 atom stereocenters. The zero-order valence-electron chi connectivity index (χ0n) is 9.45. The van der Waals surface area contributed by atoms with Crippen LogP contribution in [0.1, 0.15) is 6.92 Å². The van der Waals surface area contributed by atoms with E-state index in [0.29, 0.717) is 23.7 Å². The summed E-state index contributed by atoms with van der Waals surface area (Å²) in [5.41, 5.74) is 6.17. The summed E-state index contributed by atoms with van der Waals surface area (Å²) >= 11 is 0. The fourth-order valence-electron chi connectivity index (χ4n) is 1.18. The van der Waals surface area contributed by atoms with E-state index in [1.165, 1.54) is 0 Å². The molecule has 88 valence electrons. The average Bonchev–Trinajstić information content (AvgIpc) is 2.27. The molecule has 0 heterocycles. The number of anilines is 1. The van der Waals surface area contributed by atoms with Gasteiger partial charge in [0.05, 0.1) is 12.8 Å². The lowest BCUT2D eigenvalue weighted by Gasteiger charge is -2.09. The number of likely N-dealkylation sites (N-methyl/N-ethyl adjacent to an activating group) is 1. The van der Waals surface area contributed by atoms with E-state index < -0.39 is 0 Å². The van der Waals surface area contributed by atoms with Gasteiger partial charge in [-0.05, 0) is 19.1 Å². The maximum Gasteiger partial charge on any atom is 0.257 e. The highest BCUT2D eigenvalue weighted by atomic mass is 16.5. The van der Waals surface area contributed by atoms with Crippen molar-refractivity contribution in [1.82, 2.24) is 5.32 Å². The number of hydrogen-bond donors (Lipinski definition) is 2. The normalized spacial score (nSPS) is 9.62. The molecule has 0 aliphatic carbocycles. The molecule has 5 nitrogen and oxygen atoms in total. The Hall–Kier alpha value is -1.91. The van der Waals surface area contributed by atoms with Gasteiger partial charge in [-0.25, -0.2) is 0 Å². The highest BCUT2D eigenvalue weighted by molar-refractivity contribution is 5.77. The molecule has 0 radical (unpaired) electrons. The zero-order chi connectivity index (χ0) is 12.0. The molecule has 0 spiro atoms. The van der Waals surface area contributed by atoms with Gasteiger partial charge in [0.2, 0.25) is 0 Å². The summed E-state index contributed by atoms with van der Waals surface area (Å²) in [7, 11) is 1.56. The Balaban J connectivity index is 2.57. The average molecular weight is 224 g/mol. The molecule has 0 aliphatic rings. The summed E-state index contributed by atoms with van der Waals surface area (Å²) in [5, 5.41) is 2.63. The fourth-order valence-corrected chi connectivity index (χ4v) is 1.18. The van der Waals surface area contributed by atoms with Gasteiger partial charge >= 0.3 is 0 Å². The van der Waals surface area contributed by atoms with Gasteiger partial charge in [0.15, 0.2) is 6.61 Å². The van der Waals surface area contributed by atoms with Crippen LogP contribution in [0.15, 0.2) is 18.2 Å². The number of nitrogens with two attached hydrogens (primary N) is 1. The van der Waals surface area contributed by atoms with Crippen LogP contribution in [-0.4, -0.2) is 26.2 Å². The predicted octanol–water partition coefficient (Wildman–Crippen LogP) is 0.792. The van der Waals surface area contributed by atoms with E-state index in [0.717, 1.165) is 0 Å². The minimum absolute atomic E-state index is 0.0373. The lowest BCUT2D eigenvalue weighted by molar-refractivity contribution is -0.122. The molecule has 16 heavy (non-hydrogen) atoms. The summed E-state index contributed by atoms with van der Waals surface area (Å²) in [6.07, 6.45) is 0. The third-order valence-corrected chi connectivity index (χ3v) is 1.95. The third-order valence-electron chi connectivity index (χ3n) is 1.95. The van der Waals surface area contributed by atoms with Crippen LogP contribution in [0.4, 0.5) is 5.69 Å². The Morgan fingerprint density at radius 3 is 2.81 bits per heavy atom. The highest BCUT2D eigenvalue weighted by Gasteiger charge is 2.05. The van der Waals surface area contributed by atoms with Crippen LogP contribution in [0.2, 0.25) is 0 Å². The van der Waals surface area contributed by atoms with Crippen molar-refractivity contribution in [3.8, 4) is 11.5 Å². The molecular formula is C11H16N2O3. The van der Waals surface area contributed by atoms with Crippen LogP contribution in [0, 0.1) is 0 Å². The smallest absolute Gasteiger partial charge is 0.257 e. The maximum absolute atomic E-state index is 11.1. The van der Waals surface area contributed by atoms with E-state index in [4.69, 9.17) is 15.2 Å². The van der Waals surface area contributed by atoms with Gasteiger partial charge in [0, 0.05) is 12.6 Å². The number of hydrogen-bond acceptors (Lipinski definition) is 4. The second kappa shape index (κ2) is 5.85. The van der Waals surface area contributed by atoms with Crippen molar-refractivity contribution >= 4 is 11.6 Å². The van der Waals surface area contributed by atoms with Gasteiger partial charge in [0.1, 0.15) is 11.5 Å². The summed E-state index contributed by atoms with van der Waals surface area (Å²) in [5.74, 6) is 0.965. The second-order valence-electron chi connectivity index (χ2n) is 3.15. The minimum atomic E-state index is -0.169. The van der Waals surface area contributed by atoms with Crippen LogP contribution in [-0.2, 0) is 4.79 Å². The van der Waals surface area contributed by atoms with Crippen molar-refractivity contribution in [2.75, 3.05) is 26.0 Å². The Morgan fingerprint density at radius 2 is 2.25 bits per heavy atom. The number of methoxy groups -OCH3 is 1. The van der Waals surface area contributed by atoms with Gasteiger partial charge in [-0.15, -0.1) is 0 Å². The number of nitrogen functional groups attached to an aromatic ring is 1. The molecule has 0 aliphatic heterocycles. The Labute approximate surface area is 94.5 Å². The molecule has 0 saturated carbocycles. The van der Waals surface area contributed by atoms with Crippen molar-refractivity contribution in [2.45, 2.75) is 6.92 Å². The largest absolute Gasteiger partial charge is 0.497 e. The Morgan fingerprint density at radius 1 is 1.50 bits per heavy atom. The SMILES string of the molecule is CCNC(=O)COc1ccc(OC)cc1N. The van der Waals surface area contributed by atoms with Crippen LogP contribution >= 0.6 is 0 Å². The number of amides is 1. The summed E-state index contributed by atoms with van der Waals surface area (Å²) < 4.78 is 10.3. The van der Waals surface area contributed by atoms with Crippen molar-refractivity contribution in [3.05, 3.63) is 18.2 Å². The fraction of sp³-hybridized carbons (Fsp3) is 0.364. The molecule has 1 amide bonds. The van der Waals surface area contributed by atoms with Crippen LogP contribution in [0.3, 0.4) is 0 Å². The van der Waals surface area contributed by atoms with Gasteiger partial charge < -0.3 is 20.5 Å². The molecule has 3 N–H and O–H groups in total. The van der Waals surface area contributed by atoms with Gasteiger partial charge in [-0.3, -0.25) is 4.79 Å². The first-order chi connectivity index (χ1) is 7.67. The van der Waals surface area contributed by atoms with Crippen LogP contribution < -0.4 is 20.5 Å². The number of ether oxygens (including phenoxy) is 2. The van der Waals surface area contributed by atoms with E-state index in [1.807, 2.05) is 6.92 Å². The van der Waals surface area contributed by atoms with Crippen LogP contribution in [0.5, 0.6) is 11.5 Å². The van der Waals surface area contributed by atoms with Crippen molar-refractivity contribution in [2.24, 2.45) is 0 Å². The molecule has 0 bridgehead atoms. The van der Waals surface area contributed by atoms with E-state index in [-0.39, 0.29) is 12.5 Å². The third kappa shape index (κ3) is 3.34. The summed E-state index contributed by atoms with van der Waals surface area (Å²) in [6, 6.07) is 5.05. The Kier molecular flexibility index (Phi) is 4.44. The first-order valence-electron chi connectivity index (χ1n) is 5.00. The number of carbonyl (C=O) groups excluding carboxylic acids is 1. The Bertz CT molecular complexity index is 366. The van der Waals surface area contributed by atoms with E-state index in [2.05, 4.69) is 5.32 Å². The van der Waals surface area contributed by atoms with E-state index >= 15 is 0 Å². The number of nitrogens with one attached hydrogen (secondary N) is 1. The molecular weight excluding hydrogens is 208 g/mol. The first-order valence-corrected chi connectivity index (χ1v) is 5.00.